The molecule has 0 saturated heterocycles. The summed E-state index contributed by atoms with van der Waals surface area (Å²) in [4.78, 5) is 11.8. The number of nitrogens with one attached hydrogen (secondary N) is 1. The van der Waals surface area contributed by atoms with Crippen LogP contribution in [-0.2, 0) is 17.8 Å². The maximum atomic E-state index is 11.8. The lowest BCUT2D eigenvalue weighted by atomic mass is 10.1. The topological polar surface area (TPSA) is 49.3 Å². The van der Waals surface area contributed by atoms with Gasteiger partial charge in [0.1, 0.15) is 5.75 Å². The highest BCUT2D eigenvalue weighted by atomic mass is 79.9. The summed E-state index contributed by atoms with van der Waals surface area (Å²) in [5.74, 6) is 0.109. The highest BCUT2D eigenvalue weighted by Gasteiger charge is 2.05. The first-order valence-corrected chi connectivity index (χ1v) is 6.72. The van der Waals surface area contributed by atoms with Gasteiger partial charge in [0.2, 0.25) is 5.91 Å². The number of halogens is 1. The van der Waals surface area contributed by atoms with Crippen LogP contribution in [0.5, 0.6) is 5.75 Å². The van der Waals surface area contributed by atoms with Gasteiger partial charge in [0.05, 0.1) is 6.42 Å². The van der Waals surface area contributed by atoms with E-state index in [1.807, 2.05) is 30.3 Å². The number of rotatable bonds is 4. The molecular weight excluding hydrogens is 306 g/mol. The number of hydrogen-bond donors (Lipinski definition) is 2. The van der Waals surface area contributed by atoms with Crippen molar-refractivity contribution in [3.8, 4) is 5.75 Å². The average molecular weight is 320 g/mol. The molecule has 2 N–H and O–H groups in total. The maximum Gasteiger partial charge on any atom is 0.224 e. The Labute approximate surface area is 120 Å². The Balaban J connectivity index is 1.90. The van der Waals surface area contributed by atoms with Crippen LogP contribution in [0.1, 0.15) is 11.1 Å². The standard InChI is InChI=1S/C15H14BrNO2/c16-14-7-2-1-5-12(14)10-17-15(19)9-11-4-3-6-13(18)8-11/h1-8,18H,9-10H2,(H,17,19). The Kier molecular flexibility index (Phi) is 4.58. The number of aromatic hydroxyl groups is 1. The zero-order valence-electron chi connectivity index (χ0n) is 10.3. The fourth-order valence-corrected chi connectivity index (χ4v) is 2.17. The van der Waals surface area contributed by atoms with Gasteiger partial charge in [-0.15, -0.1) is 0 Å². The van der Waals surface area contributed by atoms with Crippen molar-refractivity contribution >= 4 is 21.8 Å². The molecule has 0 heterocycles. The lowest BCUT2D eigenvalue weighted by Crippen LogP contribution is -2.24. The molecule has 0 aliphatic heterocycles. The van der Waals surface area contributed by atoms with E-state index in [4.69, 9.17) is 0 Å². The molecule has 3 nitrogen and oxygen atoms in total. The number of carbonyl (C=O) groups is 1. The highest BCUT2D eigenvalue weighted by Crippen LogP contribution is 2.15. The molecule has 0 radical (unpaired) electrons. The summed E-state index contributed by atoms with van der Waals surface area (Å²) in [5, 5.41) is 12.2. The predicted octanol–water partition coefficient (Wildman–Crippen LogP) is 3.01. The van der Waals surface area contributed by atoms with Crippen molar-refractivity contribution in [1.29, 1.82) is 0 Å². The van der Waals surface area contributed by atoms with E-state index in [0.717, 1.165) is 15.6 Å². The van der Waals surface area contributed by atoms with Gasteiger partial charge in [-0.2, -0.15) is 0 Å². The van der Waals surface area contributed by atoms with Crippen LogP contribution in [0, 0.1) is 0 Å². The lowest BCUT2D eigenvalue weighted by Gasteiger charge is -2.07. The third-order valence-electron chi connectivity index (χ3n) is 2.71. The highest BCUT2D eigenvalue weighted by molar-refractivity contribution is 9.10. The van der Waals surface area contributed by atoms with Gasteiger partial charge in [0, 0.05) is 11.0 Å². The van der Waals surface area contributed by atoms with E-state index in [9.17, 15) is 9.90 Å². The average Bonchev–Trinajstić information content (AvgIpc) is 2.38. The van der Waals surface area contributed by atoms with Gasteiger partial charge in [-0.1, -0.05) is 46.3 Å². The molecule has 0 aliphatic rings. The number of phenols is 1. The maximum absolute atomic E-state index is 11.8. The first-order valence-electron chi connectivity index (χ1n) is 5.93. The molecule has 2 rings (SSSR count). The number of phenolic OH excluding ortho intramolecular Hbond substituents is 1. The van der Waals surface area contributed by atoms with Gasteiger partial charge in [-0.05, 0) is 29.3 Å². The molecule has 0 atom stereocenters. The summed E-state index contributed by atoms with van der Waals surface area (Å²) in [6, 6.07) is 14.5. The minimum absolute atomic E-state index is 0.0682. The quantitative estimate of drug-likeness (QED) is 0.910. The molecule has 4 heteroatoms. The minimum atomic E-state index is -0.0682. The molecule has 2 aromatic carbocycles. The van der Waals surface area contributed by atoms with Gasteiger partial charge in [0.15, 0.2) is 0 Å². The van der Waals surface area contributed by atoms with Gasteiger partial charge >= 0.3 is 0 Å². The van der Waals surface area contributed by atoms with E-state index in [-0.39, 0.29) is 18.1 Å². The molecule has 0 spiro atoms. The van der Waals surface area contributed by atoms with Crippen LogP contribution in [0.3, 0.4) is 0 Å². The van der Waals surface area contributed by atoms with E-state index in [2.05, 4.69) is 21.2 Å². The van der Waals surface area contributed by atoms with Crippen molar-refractivity contribution in [2.75, 3.05) is 0 Å². The summed E-state index contributed by atoms with van der Waals surface area (Å²) in [6.07, 6.45) is 0.263. The molecule has 98 valence electrons. The van der Waals surface area contributed by atoms with Gasteiger partial charge in [-0.25, -0.2) is 0 Å². The smallest absolute Gasteiger partial charge is 0.224 e. The van der Waals surface area contributed by atoms with Crippen LogP contribution < -0.4 is 5.32 Å². The molecule has 0 fully saturated rings. The van der Waals surface area contributed by atoms with Crippen LogP contribution in [0.15, 0.2) is 53.0 Å². The third kappa shape index (κ3) is 4.10. The van der Waals surface area contributed by atoms with Crippen LogP contribution in [0.2, 0.25) is 0 Å². The van der Waals surface area contributed by atoms with E-state index in [0.29, 0.717) is 6.54 Å². The number of amides is 1. The SMILES string of the molecule is O=C(Cc1cccc(O)c1)NCc1ccccc1Br. The van der Waals surface area contributed by atoms with Gasteiger partial charge < -0.3 is 10.4 Å². The van der Waals surface area contributed by atoms with E-state index < -0.39 is 0 Å². The molecule has 19 heavy (non-hydrogen) atoms. The van der Waals surface area contributed by atoms with Gasteiger partial charge in [0.25, 0.3) is 0 Å². The number of carbonyl (C=O) groups excluding carboxylic acids is 1. The number of hydrogen-bond acceptors (Lipinski definition) is 2. The fraction of sp³-hybridized carbons (Fsp3) is 0.133. The first-order chi connectivity index (χ1) is 9.15. The molecular formula is C15H14BrNO2. The third-order valence-corrected chi connectivity index (χ3v) is 3.48. The Morgan fingerprint density at radius 3 is 2.68 bits per heavy atom. The lowest BCUT2D eigenvalue weighted by molar-refractivity contribution is -0.120. The Morgan fingerprint density at radius 1 is 1.16 bits per heavy atom. The molecule has 0 unspecified atom stereocenters. The predicted molar refractivity (Wildman–Crippen MR) is 77.8 cm³/mol. The van der Waals surface area contributed by atoms with Crippen molar-refractivity contribution in [3.05, 3.63) is 64.1 Å². The van der Waals surface area contributed by atoms with E-state index in [1.165, 1.54) is 0 Å². The zero-order valence-corrected chi connectivity index (χ0v) is 11.9. The molecule has 2 aromatic rings. The summed E-state index contributed by atoms with van der Waals surface area (Å²) in [6.45, 7) is 0.485. The summed E-state index contributed by atoms with van der Waals surface area (Å²) >= 11 is 3.44. The van der Waals surface area contributed by atoms with E-state index in [1.54, 1.807) is 18.2 Å². The van der Waals surface area contributed by atoms with Crippen LogP contribution in [0.4, 0.5) is 0 Å². The molecule has 0 saturated carbocycles. The van der Waals surface area contributed by atoms with Crippen molar-refractivity contribution in [2.24, 2.45) is 0 Å². The summed E-state index contributed by atoms with van der Waals surface area (Å²) in [5.41, 5.74) is 1.83. The Morgan fingerprint density at radius 2 is 1.95 bits per heavy atom. The second kappa shape index (κ2) is 6.38. The zero-order chi connectivity index (χ0) is 13.7. The van der Waals surface area contributed by atoms with Crippen LogP contribution >= 0.6 is 15.9 Å². The Hall–Kier alpha value is -1.81. The van der Waals surface area contributed by atoms with Crippen molar-refractivity contribution in [3.63, 3.8) is 0 Å². The monoisotopic (exact) mass is 319 g/mol. The second-order valence-corrected chi connectivity index (χ2v) is 5.07. The molecule has 0 bridgehead atoms. The number of benzene rings is 2. The van der Waals surface area contributed by atoms with E-state index >= 15 is 0 Å². The van der Waals surface area contributed by atoms with Gasteiger partial charge in [-0.3, -0.25) is 4.79 Å². The normalized spacial score (nSPS) is 10.2. The van der Waals surface area contributed by atoms with Crippen LogP contribution in [-0.4, -0.2) is 11.0 Å². The van der Waals surface area contributed by atoms with Crippen LogP contribution in [0.25, 0.3) is 0 Å². The molecule has 0 aliphatic carbocycles. The minimum Gasteiger partial charge on any atom is -0.508 e. The van der Waals surface area contributed by atoms with Crippen molar-refractivity contribution < 1.29 is 9.90 Å². The summed E-state index contributed by atoms with van der Waals surface area (Å²) in [7, 11) is 0. The summed E-state index contributed by atoms with van der Waals surface area (Å²) < 4.78 is 0.979. The molecule has 1 amide bonds. The largest absolute Gasteiger partial charge is 0.508 e. The molecule has 0 aromatic heterocycles. The van der Waals surface area contributed by atoms with Crippen molar-refractivity contribution in [2.45, 2.75) is 13.0 Å². The fourth-order valence-electron chi connectivity index (χ4n) is 1.75. The second-order valence-electron chi connectivity index (χ2n) is 4.21. The Bertz CT molecular complexity index is 584. The van der Waals surface area contributed by atoms with Crippen molar-refractivity contribution in [1.82, 2.24) is 5.32 Å². The first kappa shape index (κ1) is 13.6.